The van der Waals surface area contributed by atoms with Crippen LogP contribution in [0, 0.1) is 5.82 Å². The number of aliphatic hydroxyl groups excluding tert-OH is 1. The van der Waals surface area contributed by atoms with Crippen molar-refractivity contribution in [3.63, 3.8) is 0 Å². The molecule has 1 aromatic heterocycles. The summed E-state index contributed by atoms with van der Waals surface area (Å²) in [5, 5.41) is 16.4. The lowest BCUT2D eigenvalue weighted by Gasteiger charge is -2.34. The van der Waals surface area contributed by atoms with Crippen molar-refractivity contribution in [2.24, 2.45) is 0 Å². The summed E-state index contributed by atoms with van der Waals surface area (Å²) in [6.45, 7) is 2.54. The predicted molar refractivity (Wildman–Crippen MR) is 171 cm³/mol. The molecule has 1 heterocycles. The Kier molecular flexibility index (Phi) is 10.5. The van der Waals surface area contributed by atoms with Gasteiger partial charge < -0.3 is 14.7 Å². The second-order valence-electron chi connectivity index (χ2n) is 10.8. The fraction of sp³-hybridized carbons (Fsp3) is 0.216. The van der Waals surface area contributed by atoms with E-state index in [0.717, 1.165) is 17.5 Å². The van der Waals surface area contributed by atoms with Crippen LogP contribution < -0.4 is 10.2 Å². The minimum Gasteiger partial charge on any atom is -0.483 e. The summed E-state index contributed by atoms with van der Waals surface area (Å²) in [5.74, 6) is -2.00. The molecule has 1 N–H and O–H groups in total. The van der Waals surface area contributed by atoms with Gasteiger partial charge in [-0.15, -0.1) is 0 Å². The number of carbonyl (C=O) groups excluding carboxylic acids is 1. The number of nitrogens with zero attached hydrogens (tertiary/aromatic N) is 3. The van der Waals surface area contributed by atoms with E-state index in [1.165, 1.54) is 27.9 Å². The topological polar surface area (TPSA) is 84.7 Å². The van der Waals surface area contributed by atoms with E-state index >= 15 is 0 Å². The SMILES string of the molecule is CCCCN(C(=O)c1nn(Cc2ccccc2)cc(OCc2ccccc2)c1=O)[C@H](O)[C@H](c1ccccc1)c1cccc(F)c1. The van der Waals surface area contributed by atoms with Crippen molar-refractivity contribution in [3.05, 3.63) is 165 Å². The monoisotopic (exact) mass is 605 g/mol. The van der Waals surface area contributed by atoms with E-state index in [4.69, 9.17) is 4.74 Å². The maximum Gasteiger partial charge on any atom is 0.280 e. The molecule has 0 spiro atoms. The predicted octanol–water partition coefficient (Wildman–Crippen LogP) is 6.40. The van der Waals surface area contributed by atoms with Gasteiger partial charge in [0.25, 0.3) is 11.3 Å². The fourth-order valence-corrected chi connectivity index (χ4v) is 5.24. The molecule has 0 unspecified atom stereocenters. The molecule has 0 aliphatic rings. The molecule has 1 amide bonds. The van der Waals surface area contributed by atoms with Gasteiger partial charge in [-0.2, -0.15) is 5.10 Å². The Hall–Kier alpha value is -5.08. The largest absolute Gasteiger partial charge is 0.483 e. The van der Waals surface area contributed by atoms with Gasteiger partial charge in [0, 0.05) is 6.54 Å². The van der Waals surface area contributed by atoms with E-state index in [0.29, 0.717) is 17.5 Å². The van der Waals surface area contributed by atoms with Crippen molar-refractivity contribution < 1.29 is 19.0 Å². The van der Waals surface area contributed by atoms with E-state index in [1.54, 1.807) is 12.1 Å². The van der Waals surface area contributed by atoms with Crippen molar-refractivity contribution in [1.29, 1.82) is 0 Å². The minimum atomic E-state index is -1.43. The summed E-state index contributed by atoms with van der Waals surface area (Å²) in [4.78, 5) is 29.4. The van der Waals surface area contributed by atoms with Crippen molar-refractivity contribution in [1.82, 2.24) is 14.7 Å². The van der Waals surface area contributed by atoms with E-state index in [1.807, 2.05) is 97.9 Å². The molecular weight excluding hydrogens is 569 g/mol. The van der Waals surface area contributed by atoms with E-state index in [2.05, 4.69) is 5.10 Å². The molecule has 45 heavy (non-hydrogen) atoms. The summed E-state index contributed by atoms with van der Waals surface area (Å²) in [6.07, 6.45) is 1.38. The molecule has 0 fully saturated rings. The lowest BCUT2D eigenvalue weighted by molar-refractivity contribution is -0.00209. The Morgan fingerprint density at radius 3 is 2.16 bits per heavy atom. The summed E-state index contributed by atoms with van der Waals surface area (Å²) in [5.41, 5.74) is 1.93. The van der Waals surface area contributed by atoms with Crippen molar-refractivity contribution in [2.45, 2.75) is 45.1 Å². The number of hydrogen-bond donors (Lipinski definition) is 1. The van der Waals surface area contributed by atoms with Gasteiger partial charge in [0.15, 0.2) is 11.4 Å². The van der Waals surface area contributed by atoms with Gasteiger partial charge in [0.2, 0.25) is 0 Å². The first-order valence-corrected chi connectivity index (χ1v) is 15.1. The molecule has 7 nitrogen and oxygen atoms in total. The first-order chi connectivity index (χ1) is 21.9. The zero-order valence-corrected chi connectivity index (χ0v) is 25.1. The molecular formula is C37H36FN3O4. The smallest absolute Gasteiger partial charge is 0.280 e. The van der Waals surface area contributed by atoms with Crippen LogP contribution in [0.15, 0.2) is 126 Å². The van der Waals surface area contributed by atoms with Crippen LogP contribution in [0.3, 0.4) is 0 Å². The number of halogens is 1. The fourth-order valence-electron chi connectivity index (χ4n) is 5.24. The van der Waals surface area contributed by atoms with Gasteiger partial charge in [-0.05, 0) is 40.8 Å². The van der Waals surface area contributed by atoms with Gasteiger partial charge in [0.1, 0.15) is 18.7 Å². The van der Waals surface area contributed by atoms with Gasteiger partial charge in [-0.25, -0.2) is 4.39 Å². The highest BCUT2D eigenvalue weighted by molar-refractivity contribution is 5.92. The molecule has 0 radical (unpaired) electrons. The van der Waals surface area contributed by atoms with Crippen molar-refractivity contribution >= 4 is 5.91 Å². The number of unbranched alkanes of at least 4 members (excludes halogenated alkanes) is 1. The first-order valence-electron chi connectivity index (χ1n) is 15.1. The second-order valence-corrected chi connectivity index (χ2v) is 10.8. The van der Waals surface area contributed by atoms with Gasteiger partial charge in [0.05, 0.1) is 18.7 Å². The highest BCUT2D eigenvalue weighted by atomic mass is 19.1. The average molecular weight is 606 g/mol. The number of aromatic nitrogens is 2. The van der Waals surface area contributed by atoms with Crippen LogP contribution in [0.5, 0.6) is 5.75 Å². The second kappa shape index (κ2) is 15.1. The quantitative estimate of drug-likeness (QED) is 0.157. The zero-order chi connectivity index (χ0) is 31.6. The molecule has 2 atom stereocenters. The van der Waals surface area contributed by atoms with E-state index < -0.39 is 29.3 Å². The molecule has 5 rings (SSSR count). The van der Waals surface area contributed by atoms with Crippen LogP contribution in [-0.4, -0.2) is 38.5 Å². The maximum absolute atomic E-state index is 14.4. The first kappa shape index (κ1) is 31.3. The van der Waals surface area contributed by atoms with Crippen LogP contribution in [0.2, 0.25) is 0 Å². The van der Waals surface area contributed by atoms with Crippen molar-refractivity contribution in [2.75, 3.05) is 6.54 Å². The molecule has 0 saturated heterocycles. The lowest BCUT2D eigenvalue weighted by Crippen LogP contribution is -2.46. The van der Waals surface area contributed by atoms with E-state index in [-0.39, 0.29) is 31.1 Å². The number of aliphatic hydroxyl groups is 1. The Morgan fingerprint density at radius 1 is 0.889 bits per heavy atom. The molecule has 0 aliphatic carbocycles. The standard InChI is InChI=1S/C37H36FN3O4/c1-2-3-22-41(36(43)33(29-18-11-6-12-19-29)30-20-13-21-31(38)23-30)37(44)34-35(42)32(45-26-28-16-9-5-10-17-28)25-40(39-34)24-27-14-7-4-8-15-27/h4-21,23,25,33,36,43H,2-3,22,24,26H2,1H3/t33-,36-/m1/s1. The summed E-state index contributed by atoms with van der Waals surface area (Å²) in [6, 6.07) is 34.1. The average Bonchev–Trinajstić information content (AvgIpc) is 3.06. The number of ether oxygens (including phenoxy) is 1. The third kappa shape index (κ3) is 7.91. The number of benzene rings is 4. The number of rotatable bonds is 13. The van der Waals surface area contributed by atoms with Crippen LogP contribution in [0.4, 0.5) is 4.39 Å². The van der Waals surface area contributed by atoms with Crippen LogP contribution in [-0.2, 0) is 13.2 Å². The molecule has 4 aromatic carbocycles. The summed E-state index contributed by atoms with van der Waals surface area (Å²) in [7, 11) is 0. The molecule has 0 aliphatic heterocycles. The normalized spacial score (nSPS) is 12.3. The third-order valence-electron chi connectivity index (χ3n) is 7.56. The molecule has 8 heteroatoms. The minimum absolute atomic E-state index is 0.0252. The maximum atomic E-state index is 14.4. The number of hydrogen-bond acceptors (Lipinski definition) is 5. The van der Waals surface area contributed by atoms with Gasteiger partial charge >= 0.3 is 0 Å². The third-order valence-corrected chi connectivity index (χ3v) is 7.56. The Labute approximate surface area is 262 Å². The zero-order valence-electron chi connectivity index (χ0n) is 25.1. The highest BCUT2D eigenvalue weighted by Gasteiger charge is 2.34. The highest BCUT2D eigenvalue weighted by Crippen LogP contribution is 2.31. The summed E-state index contributed by atoms with van der Waals surface area (Å²) < 4.78 is 21.9. The molecule has 5 aromatic rings. The molecule has 230 valence electrons. The van der Waals surface area contributed by atoms with Crippen molar-refractivity contribution in [3.8, 4) is 5.75 Å². The van der Waals surface area contributed by atoms with E-state index in [9.17, 15) is 19.1 Å². The Balaban J connectivity index is 1.56. The molecule has 0 bridgehead atoms. The van der Waals surface area contributed by atoms with Crippen LogP contribution >= 0.6 is 0 Å². The Morgan fingerprint density at radius 2 is 1.51 bits per heavy atom. The lowest BCUT2D eigenvalue weighted by atomic mass is 9.88. The Bertz CT molecular complexity index is 1750. The van der Waals surface area contributed by atoms with Gasteiger partial charge in [-0.1, -0.05) is 116 Å². The van der Waals surface area contributed by atoms with Gasteiger partial charge in [-0.3, -0.25) is 14.3 Å². The van der Waals surface area contributed by atoms with Crippen LogP contribution in [0.1, 0.15) is 58.4 Å². The number of carbonyl (C=O) groups is 1. The van der Waals surface area contributed by atoms with Crippen LogP contribution in [0.25, 0.3) is 0 Å². The summed E-state index contributed by atoms with van der Waals surface area (Å²) >= 11 is 0. The molecule has 0 saturated carbocycles. The number of amides is 1.